The third-order valence-electron chi connectivity index (χ3n) is 1.01. The van der Waals surface area contributed by atoms with Crippen molar-refractivity contribution >= 4 is 35.0 Å². The van der Waals surface area contributed by atoms with Gasteiger partial charge in [-0.15, -0.1) is 0 Å². The SMILES string of the molecule is C=Nc1ccc(I)cc1. The van der Waals surface area contributed by atoms with E-state index in [1.807, 2.05) is 24.3 Å². The van der Waals surface area contributed by atoms with Gasteiger partial charge in [0.2, 0.25) is 0 Å². The first kappa shape index (κ1) is 6.74. The molecule has 0 heterocycles. The highest BCUT2D eigenvalue weighted by molar-refractivity contribution is 14.1. The second-order valence-corrected chi connectivity index (χ2v) is 2.88. The molecule has 9 heavy (non-hydrogen) atoms. The molecule has 0 aliphatic heterocycles. The molecule has 0 amide bonds. The van der Waals surface area contributed by atoms with Gasteiger partial charge < -0.3 is 0 Å². The molecule has 0 N–H and O–H groups in total. The fourth-order valence-corrected chi connectivity index (χ4v) is 0.906. The quantitative estimate of drug-likeness (QED) is 0.520. The van der Waals surface area contributed by atoms with E-state index < -0.39 is 0 Å². The van der Waals surface area contributed by atoms with Gasteiger partial charge in [-0.25, -0.2) is 0 Å². The second-order valence-electron chi connectivity index (χ2n) is 1.63. The van der Waals surface area contributed by atoms with Gasteiger partial charge in [0.15, 0.2) is 0 Å². The van der Waals surface area contributed by atoms with E-state index in [0.717, 1.165) is 5.69 Å². The highest BCUT2D eigenvalue weighted by Crippen LogP contribution is 2.12. The molecule has 0 bridgehead atoms. The fourth-order valence-electron chi connectivity index (χ4n) is 0.547. The Balaban J connectivity index is 3.01. The lowest BCUT2D eigenvalue weighted by atomic mass is 10.3. The number of nitrogens with zero attached hydrogens (tertiary/aromatic N) is 1. The molecule has 0 saturated carbocycles. The highest BCUT2D eigenvalue weighted by atomic mass is 127. The predicted molar refractivity (Wildman–Crippen MR) is 48.4 cm³/mol. The molecule has 0 saturated heterocycles. The molecule has 0 spiro atoms. The highest BCUT2D eigenvalue weighted by Gasteiger charge is 1.84. The third-order valence-corrected chi connectivity index (χ3v) is 1.73. The summed E-state index contributed by atoms with van der Waals surface area (Å²) in [6, 6.07) is 7.89. The van der Waals surface area contributed by atoms with E-state index in [2.05, 4.69) is 34.3 Å². The van der Waals surface area contributed by atoms with Crippen LogP contribution in [0.25, 0.3) is 0 Å². The largest absolute Gasteiger partial charge is 0.265 e. The number of aliphatic imine (C=N–C) groups is 1. The van der Waals surface area contributed by atoms with Crippen LogP contribution in [0.3, 0.4) is 0 Å². The van der Waals surface area contributed by atoms with E-state index >= 15 is 0 Å². The van der Waals surface area contributed by atoms with Crippen LogP contribution < -0.4 is 0 Å². The van der Waals surface area contributed by atoms with Gasteiger partial charge >= 0.3 is 0 Å². The van der Waals surface area contributed by atoms with Crippen molar-refractivity contribution in [2.24, 2.45) is 4.99 Å². The summed E-state index contributed by atoms with van der Waals surface area (Å²) in [5.41, 5.74) is 0.926. The van der Waals surface area contributed by atoms with Gasteiger partial charge in [-0.1, -0.05) is 0 Å². The van der Waals surface area contributed by atoms with Crippen LogP contribution in [0.1, 0.15) is 0 Å². The molecule has 0 radical (unpaired) electrons. The Morgan fingerprint density at radius 2 is 1.78 bits per heavy atom. The standard InChI is InChI=1S/C7H6IN/c1-9-7-4-2-6(8)3-5-7/h2-5H,1H2. The van der Waals surface area contributed by atoms with E-state index in [1.54, 1.807) is 0 Å². The van der Waals surface area contributed by atoms with Crippen molar-refractivity contribution < 1.29 is 0 Å². The van der Waals surface area contributed by atoms with Crippen LogP contribution in [0.2, 0.25) is 0 Å². The number of rotatable bonds is 1. The summed E-state index contributed by atoms with van der Waals surface area (Å²) in [5, 5.41) is 0. The second kappa shape index (κ2) is 2.96. The predicted octanol–water partition coefficient (Wildman–Crippen LogP) is 2.62. The Morgan fingerprint density at radius 3 is 2.22 bits per heavy atom. The van der Waals surface area contributed by atoms with Gasteiger partial charge in [-0.3, -0.25) is 4.99 Å². The van der Waals surface area contributed by atoms with Crippen LogP contribution in [0, 0.1) is 3.57 Å². The Morgan fingerprint density at radius 1 is 1.22 bits per heavy atom. The van der Waals surface area contributed by atoms with Crippen molar-refractivity contribution in [2.75, 3.05) is 0 Å². The zero-order chi connectivity index (χ0) is 6.69. The Hall–Kier alpha value is -0.380. The van der Waals surface area contributed by atoms with Gasteiger partial charge in [0, 0.05) is 3.57 Å². The van der Waals surface area contributed by atoms with Crippen molar-refractivity contribution in [2.45, 2.75) is 0 Å². The molecule has 1 rings (SSSR count). The molecule has 1 aromatic carbocycles. The molecule has 0 aliphatic rings. The summed E-state index contributed by atoms with van der Waals surface area (Å²) < 4.78 is 1.22. The third kappa shape index (κ3) is 1.78. The molecule has 0 atom stereocenters. The maximum atomic E-state index is 3.76. The Kier molecular flexibility index (Phi) is 2.22. The van der Waals surface area contributed by atoms with E-state index in [9.17, 15) is 0 Å². The van der Waals surface area contributed by atoms with Crippen LogP contribution in [0.5, 0.6) is 0 Å². The van der Waals surface area contributed by atoms with Gasteiger partial charge in [0.1, 0.15) is 0 Å². The lowest BCUT2D eigenvalue weighted by Gasteiger charge is -1.89. The summed E-state index contributed by atoms with van der Waals surface area (Å²) in [5.74, 6) is 0. The molecule has 0 fully saturated rings. The number of halogens is 1. The first-order valence-corrected chi connectivity index (χ1v) is 3.63. The van der Waals surface area contributed by atoms with Crippen LogP contribution in [0.4, 0.5) is 5.69 Å². The Bertz CT molecular complexity index is 203. The molecule has 1 aromatic rings. The minimum absolute atomic E-state index is 0.926. The average molecular weight is 231 g/mol. The molecule has 0 aliphatic carbocycles. The van der Waals surface area contributed by atoms with Crippen LogP contribution in [-0.4, -0.2) is 6.72 Å². The zero-order valence-corrected chi connectivity index (χ0v) is 7.00. The molecule has 0 unspecified atom stereocenters. The van der Waals surface area contributed by atoms with Crippen molar-refractivity contribution in [1.82, 2.24) is 0 Å². The molecular formula is C7H6IN. The first-order valence-electron chi connectivity index (χ1n) is 2.55. The monoisotopic (exact) mass is 231 g/mol. The van der Waals surface area contributed by atoms with Crippen molar-refractivity contribution in [1.29, 1.82) is 0 Å². The first-order chi connectivity index (χ1) is 4.33. The number of hydrogen-bond donors (Lipinski definition) is 0. The van der Waals surface area contributed by atoms with E-state index in [1.165, 1.54) is 3.57 Å². The average Bonchev–Trinajstić information content (AvgIpc) is 1.90. The van der Waals surface area contributed by atoms with Crippen molar-refractivity contribution in [3.63, 3.8) is 0 Å². The van der Waals surface area contributed by atoms with Gasteiger partial charge in [0.05, 0.1) is 5.69 Å². The minimum atomic E-state index is 0.926. The maximum absolute atomic E-state index is 3.76. The number of hydrogen-bond acceptors (Lipinski definition) is 1. The fraction of sp³-hybridized carbons (Fsp3) is 0. The summed E-state index contributed by atoms with van der Waals surface area (Å²) in [6.45, 7) is 3.41. The van der Waals surface area contributed by atoms with Crippen LogP contribution in [0.15, 0.2) is 29.3 Å². The molecule has 46 valence electrons. The number of benzene rings is 1. The van der Waals surface area contributed by atoms with E-state index in [0.29, 0.717) is 0 Å². The van der Waals surface area contributed by atoms with Crippen LogP contribution in [-0.2, 0) is 0 Å². The lowest BCUT2D eigenvalue weighted by Crippen LogP contribution is -1.65. The van der Waals surface area contributed by atoms with E-state index in [-0.39, 0.29) is 0 Å². The maximum Gasteiger partial charge on any atom is 0.0623 e. The van der Waals surface area contributed by atoms with Gasteiger partial charge in [-0.2, -0.15) is 0 Å². The molecule has 0 aromatic heterocycles. The van der Waals surface area contributed by atoms with Gasteiger partial charge in [-0.05, 0) is 53.6 Å². The normalized spacial score (nSPS) is 9.00. The van der Waals surface area contributed by atoms with Gasteiger partial charge in [0.25, 0.3) is 0 Å². The Labute approximate surface area is 68.0 Å². The van der Waals surface area contributed by atoms with E-state index in [4.69, 9.17) is 0 Å². The van der Waals surface area contributed by atoms with Crippen molar-refractivity contribution in [3.05, 3.63) is 27.8 Å². The zero-order valence-electron chi connectivity index (χ0n) is 4.84. The smallest absolute Gasteiger partial charge is 0.0623 e. The molecular weight excluding hydrogens is 225 g/mol. The topological polar surface area (TPSA) is 12.4 Å². The van der Waals surface area contributed by atoms with Crippen LogP contribution >= 0.6 is 22.6 Å². The summed E-state index contributed by atoms with van der Waals surface area (Å²) in [6.07, 6.45) is 0. The summed E-state index contributed by atoms with van der Waals surface area (Å²) >= 11 is 2.25. The summed E-state index contributed by atoms with van der Waals surface area (Å²) in [7, 11) is 0. The molecule has 2 heteroatoms. The summed E-state index contributed by atoms with van der Waals surface area (Å²) in [4.78, 5) is 3.76. The van der Waals surface area contributed by atoms with Crippen molar-refractivity contribution in [3.8, 4) is 0 Å². The lowest BCUT2D eigenvalue weighted by molar-refractivity contribution is 1.53. The molecule has 1 nitrogen and oxygen atoms in total. The minimum Gasteiger partial charge on any atom is -0.265 e.